The largest absolute Gasteiger partial charge is 0.543 e. The molecule has 17 heavy (non-hydrogen) atoms. The molecule has 4 nitrogen and oxygen atoms in total. The zero-order valence-electron chi connectivity index (χ0n) is 8.85. The summed E-state index contributed by atoms with van der Waals surface area (Å²) < 4.78 is 0. The molecule has 0 fully saturated rings. The average Bonchev–Trinajstić information content (AvgIpc) is 2.58. The van der Waals surface area contributed by atoms with Gasteiger partial charge in [0.2, 0.25) is 0 Å². The van der Waals surface area contributed by atoms with Crippen LogP contribution in [-0.2, 0) is 6.42 Å². The highest BCUT2D eigenvalue weighted by Gasteiger charge is 2.15. The maximum absolute atomic E-state index is 11.0. The molecule has 0 aliphatic carbocycles. The van der Waals surface area contributed by atoms with Crippen molar-refractivity contribution in [2.45, 2.75) is 6.42 Å². The monoisotopic (exact) mass is 272 g/mol. The van der Waals surface area contributed by atoms with Crippen molar-refractivity contribution in [2.24, 2.45) is 0 Å². The lowest BCUT2D eigenvalue weighted by Gasteiger charge is -2.02. The zero-order valence-corrected chi connectivity index (χ0v) is 10.4. The van der Waals surface area contributed by atoms with Crippen LogP contribution in [0.5, 0.6) is 0 Å². The van der Waals surface area contributed by atoms with Crippen LogP contribution < -0.4 is 10.8 Å². The molecule has 1 aromatic heterocycles. The number of rotatable bonds is 3. The highest BCUT2D eigenvalue weighted by molar-refractivity contribution is 6.38. The molecule has 2 aromatic rings. The number of carboxylic acid groups (broad SMARTS) is 1. The normalized spacial score (nSPS) is 11.0. The molecule has 0 saturated heterocycles. The minimum Gasteiger partial charge on any atom is -0.543 e. The summed E-state index contributed by atoms with van der Waals surface area (Å²) in [5, 5.41) is 12.6. The van der Waals surface area contributed by atoms with Gasteiger partial charge in [-0.1, -0.05) is 23.2 Å². The number of hydrogen-bond donors (Lipinski definition) is 2. The van der Waals surface area contributed by atoms with Gasteiger partial charge in [0, 0.05) is 16.8 Å². The van der Waals surface area contributed by atoms with E-state index in [0.717, 1.165) is 0 Å². The SMILES string of the molecule is [NH3+]CCc1c(C(=O)[O-])[nH]c2c(Cl)cc(Cl)cc12. The van der Waals surface area contributed by atoms with Crippen molar-refractivity contribution in [3.8, 4) is 0 Å². The molecule has 90 valence electrons. The number of aromatic amines is 1. The lowest BCUT2D eigenvalue weighted by Crippen LogP contribution is -2.51. The Labute approximate surface area is 107 Å². The number of fused-ring (bicyclic) bond motifs is 1. The molecule has 0 saturated carbocycles. The number of nitrogens with one attached hydrogen (secondary N) is 1. The molecule has 0 bridgehead atoms. The summed E-state index contributed by atoms with van der Waals surface area (Å²) in [5.41, 5.74) is 4.97. The third-order valence-corrected chi connectivity index (χ3v) is 3.08. The molecule has 0 spiro atoms. The highest BCUT2D eigenvalue weighted by Crippen LogP contribution is 2.31. The van der Waals surface area contributed by atoms with E-state index in [1.807, 2.05) is 0 Å². The van der Waals surface area contributed by atoms with Crippen LogP contribution in [0.2, 0.25) is 10.0 Å². The molecule has 0 unspecified atom stereocenters. The van der Waals surface area contributed by atoms with Crippen molar-refractivity contribution >= 4 is 40.1 Å². The van der Waals surface area contributed by atoms with Gasteiger partial charge in [0.25, 0.3) is 0 Å². The van der Waals surface area contributed by atoms with Crippen molar-refractivity contribution in [2.75, 3.05) is 6.54 Å². The summed E-state index contributed by atoms with van der Waals surface area (Å²) >= 11 is 11.9. The van der Waals surface area contributed by atoms with Gasteiger partial charge in [-0.15, -0.1) is 0 Å². The van der Waals surface area contributed by atoms with E-state index in [0.29, 0.717) is 39.5 Å². The topological polar surface area (TPSA) is 83.6 Å². The minimum atomic E-state index is -1.25. The number of carboxylic acids is 1. The summed E-state index contributed by atoms with van der Waals surface area (Å²) in [7, 11) is 0. The summed E-state index contributed by atoms with van der Waals surface area (Å²) in [4.78, 5) is 13.8. The Balaban J connectivity index is 2.79. The molecule has 0 aliphatic rings. The van der Waals surface area contributed by atoms with Crippen LogP contribution in [0.1, 0.15) is 16.1 Å². The number of aromatic carboxylic acids is 1. The van der Waals surface area contributed by atoms with E-state index in [9.17, 15) is 9.90 Å². The fourth-order valence-electron chi connectivity index (χ4n) is 1.88. The summed E-state index contributed by atoms with van der Waals surface area (Å²) in [5.74, 6) is -1.25. The number of carbonyl (C=O) groups excluding carboxylic acids is 1. The van der Waals surface area contributed by atoms with Gasteiger partial charge in [-0.2, -0.15) is 0 Å². The molecular weight excluding hydrogens is 263 g/mol. The van der Waals surface area contributed by atoms with Gasteiger partial charge in [0.15, 0.2) is 0 Å². The van der Waals surface area contributed by atoms with Crippen molar-refractivity contribution in [1.82, 2.24) is 4.98 Å². The van der Waals surface area contributed by atoms with Gasteiger partial charge in [0.05, 0.1) is 28.7 Å². The van der Waals surface area contributed by atoms with Crippen LogP contribution in [0.4, 0.5) is 0 Å². The molecule has 1 heterocycles. The Morgan fingerprint density at radius 1 is 1.41 bits per heavy atom. The predicted molar refractivity (Wildman–Crippen MR) is 64.1 cm³/mol. The van der Waals surface area contributed by atoms with Crippen molar-refractivity contribution < 1.29 is 15.6 Å². The fourth-order valence-corrected chi connectivity index (χ4v) is 2.43. The van der Waals surface area contributed by atoms with Crippen LogP contribution in [-0.4, -0.2) is 17.5 Å². The Bertz CT molecular complexity index is 593. The second-order valence-electron chi connectivity index (χ2n) is 3.68. The van der Waals surface area contributed by atoms with Crippen LogP contribution in [0, 0.1) is 0 Å². The number of hydrogen-bond acceptors (Lipinski definition) is 2. The molecule has 0 radical (unpaired) electrons. The maximum Gasteiger partial charge on any atom is 0.0881 e. The first-order valence-corrected chi connectivity index (χ1v) is 5.80. The third kappa shape index (κ3) is 2.11. The molecule has 0 atom stereocenters. The number of halogens is 2. The van der Waals surface area contributed by atoms with Crippen LogP contribution in [0.25, 0.3) is 10.9 Å². The van der Waals surface area contributed by atoms with E-state index >= 15 is 0 Å². The Kier molecular flexibility index (Phi) is 3.28. The van der Waals surface area contributed by atoms with E-state index < -0.39 is 5.97 Å². The Hall–Kier alpha value is -1.23. The minimum absolute atomic E-state index is 0.0489. The Morgan fingerprint density at radius 2 is 2.12 bits per heavy atom. The Morgan fingerprint density at radius 3 is 2.71 bits per heavy atom. The predicted octanol–water partition coefficient (Wildman–Crippen LogP) is 0.623. The number of quaternary nitrogens is 1. The smallest absolute Gasteiger partial charge is 0.0881 e. The number of H-pyrrole nitrogens is 1. The van der Waals surface area contributed by atoms with Gasteiger partial charge in [-0.25, -0.2) is 0 Å². The number of benzene rings is 1. The molecule has 0 amide bonds. The quantitative estimate of drug-likeness (QED) is 0.859. The second-order valence-corrected chi connectivity index (χ2v) is 4.52. The van der Waals surface area contributed by atoms with E-state index in [1.54, 1.807) is 12.1 Å². The second kappa shape index (κ2) is 4.56. The third-order valence-electron chi connectivity index (χ3n) is 2.56. The van der Waals surface area contributed by atoms with Crippen molar-refractivity contribution in [1.29, 1.82) is 0 Å². The van der Waals surface area contributed by atoms with Crippen molar-refractivity contribution in [3.05, 3.63) is 33.4 Å². The maximum atomic E-state index is 11.0. The van der Waals surface area contributed by atoms with Crippen LogP contribution in [0.3, 0.4) is 0 Å². The molecular formula is C11H10Cl2N2O2. The van der Waals surface area contributed by atoms with Gasteiger partial charge in [-0.05, 0) is 17.7 Å². The molecule has 1 aromatic carbocycles. The summed E-state index contributed by atoms with van der Waals surface area (Å²) in [6.45, 7) is 0.581. The average molecular weight is 273 g/mol. The fraction of sp³-hybridized carbons (Fsp3) is 0.182. The first kappa shape index (κ1) is 12.2. The van der Waals surface area contributed by atoms with E-state index in [4.69, 9.17) is 23.2 Å². The van der Waals surface area contributed by atoms with Gasteiger partial charge < -0.3 is 20.6 Å². The van der Waals surface area contributed by atoms with Gasteiger partial charge in [0.1, 0.15) is 0 Å². The summed E-state index contributed by atoms with van der Waals surface area (Å²) in [6, 6.07) is 3.26. The van der Waals surface area contributed by atoms with E-state index in [1.165, 1.54) is 0 Å². The zero-order chi connectivity index (χ0) is 12.6. The highest BCUT2D eigenvalue weighted by atomic mass is 35.5. The lowest BCUT2D eigenvalue weighted by atomic mass is 10.1. The van der Waals surface area contributed by atoms with E-state index in [2.05, 4.69) is 10.7 Å². The van der Waals surface area contributed by atoms with Gasteiger partial charge >= 0.3 is 0 Å². The standard InChI is InChI=1S/C11H10Cl2N2O2/c12-5-3-7-6(1-2-14)10(11(16)17)15-9(7)8(13)4-5/h3-4,15H,1-2,14H2,(H,16,17). The first-order valence-electron chi connectivity index (χ1n) is 5.04. The first-order chi connectivity index (χ1) is 8.04. The van der Waals surface area contributed by atoms with Crippen LogP contribution in [0.15, 0.2) is 12.1 Å². The van der Waals surface area contributed by atoms with E-state index in [-0.39, 0.29) is 5.69 Å². The molecule has 4 N–H and O–H groups in total. The van der Waals surface area contributed by atoms with Crippen molar-refractivity contribution in [3.63, 3.8) is 0 Å². The van der Waals surface area contributed by atoms with Crippen LogP contribution >= 0.6 is 23.2 Å². The lowest BCUT2D eigenvalue weighted by molar-refractivity contribution is -0.366. The summed E-state index contributed by atoms with van der Waals surface area (Å²) in [6.07, 6.45) is 0.528. The number of carbonyl (C=O) groups is 1. The van der Waals surface area contributed by atoms with Gasteiger partial charge in [-0.3, -0.25) is 0 Å². The molecule has 6 heteroatoms. The molecule has 2 rings (SSSR count). The number of aromatic nitrogens is 1. The molecule has 0 aliphatic heterocycles.